The van der Waals surface area contributed by atoms with Crippen LogP contribution in [0.5, 0.6) is 0 Å². The first-order valence-electron chi connectivity index (χ1n) is 9.02. The molecule has 2 atom stereocenters. The molecule has 8 nitrogen and oxygen atoms in total. The van der Waals surface area contributed by atoms with Crippen LogP contribution in [-0.4, -0.2) is 32.9 Å². The molecule has 5 N–H and O–H groups in total. The SMILES string of the molecule is N[C@H](CNc1nnc(-c2ccc3[nH]c(=O)oc3c2)s1)[C@@H](O)c1ccc(C(F)(F)F)cc1. The van der Waals surface area contributed by atoms with Crippen LogP contribution in [0.3, 0.4) is 0 Å². The molecule has 2 aromatic carbocycles. The van der Waals surface area contributed by atoms with Crippen molar-refractivity contribution in [2.75, 3.05) is 11.9 Å². The molecule has 0 amide bonds. The lowest BCUT2D eigenvalue weighted by atomic mass is 10.0. The van der Waals surface area contributed by atoms with Crippen molar-refractivity contribution >= 4 is 27.6 Å². The molecular weight excluding hydrogens is 435 g/mol. The van der Waals surface area contributed by atoms with Gasteiger partial charge in [-0.3, -0.25) is 4.98 Å². The molecule has 162 valence electrons. The number of benzene rings is 2. The molecule has 4 aromatic rings. The minimum absolute atomic E-state index is 0.114. The molecule has 2 heterocycles. The standard InChI is InChI=1S/C19H16F3N5O3S/c20-19(21,22)11-4-1-9(2-5-11)15(28)12(23)8-24-17-27-26-16(31-17)10-3-6-13-14(7-10)30-18(29)25-13/h1-7,12,15,28H,8,23H2,(H,24,27)(H,25,29)/t12-,15+/m1/s1. The zero-order chi connectivity index (χ0) is 22.2. The van der Waals surface area contributed by atoms with Crippen LogP contribution in [0.4, 0.5) is 18.3 Å². The van der Waals surface area contributed by atoms with Crippen molar-refractivity contribution in [2.24, 2.45) is 5.73 Å². The van der Waals surface area contributed by atoms with Gasteiger partial charge in [-0.25, -0.2) is 4.79 Å². The van der Waals surface area contributed by atoms with E-state index < -0.39 is 29.6 Å². The van der Waals surface area contributed by atoms with E-state index in [2.05, 4.69) is 20.5 Å². The Morgan fingerprint density at radius 1 is 1.19 bits per heavy atom. The van der Waals surface area contributed by atoms with E-state index in [-0.39, 0.29) is 12.1 Å². The summed E-state index contributed by atoms with van der Waals surface area (Å²) in [4.78, 5) is 13.8. The van der Waals surface area contributed by atoms with E-state index in [1.807, 2.05) is 0 Å². The zero-order valence-corrected chi connectivity index (χ0v) is 16.5. The van der Waals surface area contributed by atoms with E-state index in [0.717, 1.165) is 12.1 Å². The fourth-order valence-corrected chi connectivity index (χ4v) is 3.67. The average molecular weight is 451 g/mol. The molecule has 0 spiro atoms. The Morgan fingerprint density at radius 2 is 1.94 bits per heavy atom. The number of nitrogens with two attached hydrogens (primary N) is 1. The topological polar surface area (TPSA) is 130 Å². The van der Waals surface area contributed by atoms with E-state index in [1.165, 1.54) is 23.5 Å². The number of rotatable bonds is 6. The van der Waals surface area contributed by atoms with Crippen molar-refractivity contribution in [1.29, 1.82) is 0 Å². The summed E-state index contributed by atoms with van der Waals surface area (Å²) in [5.41, 5.74) is 7.13. The molecule has 0 aliphatic rings. The third kappa shape index (κ3) is 4.60. The van der Waals surface area contributed by atoms with Gasteiger partial charge in [0.1, 0.15) is 5.01 Å². The molecule has 0 unspecified atom stereocenters. The van der Waals surface area contributed by atoms with Gasteiger partial charge in [-0.1, -0.05) is 23.5 Å². The molecular formula is C19H16F3N5O3S. The summed E-state index contributed by atoms with van der Waals surface area (Å²) >= 11 is 1.23. The van der Waals surface area contributed by atoms with Gasteiger partial charge in [0.2, 0.25) is 5.13 Å². The van der Waals surface area contributed by atoms with Crippen LogP contribution in [0, 0.1) is 0 Å². The third-order valence-corrected chi connectivity index (χ3v) is 5.50. The number of aliphatic hydroxyl groups excluding tert-OH is 1. The van der Waals surface area contributed by atoms with Crippen LogP contribution < -0.4 is 16.8 Å². The number of nitrogens with one attached hydrogen (secondary N) is 2. The van der Waals surface area contributed by atoms with E-state index in [1.54, 1.807) is 18.2 Å². The molecule has 2 aromatic heterocycles. The number of hydrogen-bond acceptors (Lipinski definition) is 8. The van der Waals surface area contributed by atoms with Gasteiger partial charge in [0.15, 0.2) is 5.58 Å². The zero-order valence-electron chi connectivity index (χ0n) is 15.7. The fourth-order valence-electron chi connectivity index (χ4n) is 2.92. The molecule has 31 heavy (non-hydrogen) atoms. The Labute approximate surface area is 176 Å². The van der Waals surface area contributed by atoms with E-state index in [9.17, 15) is 23.1 Å². The minimum Gasteiger partial charge on any atom is -0.408 e. The van der Waals surface area contributed by atoms with Gasteiger partial charge < -0.3 is 20.6 Å². The lowest BCUT2D eigenvalue weighted by Crippen LogP contribution is -2.35. The first kappa shape index (κ1) is 21.0. The summed E-state index contributed by atoms with van der Waals surface area (Å²) in [7, 11) is 0. The van der Waals surface area contributed by atoms with Crippen molar-refractivity contribution in [2.45, 2.75) is 18.3 Å². The number of aromatic nitrogens is 3. The van der Waals surface area contributed by atoms with E-state index in [0.29, 0.717) is 26.8 Å². The maximum atomic E-state index is 12.7. The normalized spacial score (nSPS) is 14.0. The molecule has 0 fully saturated rings. The van der Waals surface area contributed by atoms with E-state index >= 15 is 0 Å². The quantitative estimate of drug-likeness (QED) is 0.354. The first-order chi connectivity index (χ1) is 14.7. The minimum atomic E-state index is -4.44. The molecule has 0 aliphatic carbocycles. The van der Waals surface area contributed by atoms with Gasteiger partial charge in [-0.2, -0.15) is 13.2 Å². The molecule has 0 saturated heterocycles. The predicted molar refractivity (Wildman–Crippen MR) is 109 cm³/mol. The Balaban J connectivity index is 1.39. The average Bonchev–Trinajstić information content (AvgIpc) is 3.35. The molecule has 0 saturated carbocycles. The van der Waals surface area contributed by atoms with Crippen molar-refractivity contribution in [1.82, 2.24) is 15.2 Å². The summed E-state index contributed by atoms with van der Waals surface area (Å²) in [6.45, 7) is 0.114. The number of alkyl halides is 3. The number of halogens is 3. The number of aromatic amines is 1. The van der Waals surface area contributed by atoms with Gasteiger partial charge in [0, 0.05) is 12.1 Å². The highest BCUT2D eigenvalue weighted by atomic mass is 32.1. The summed E-state index contributed by atoms with van der Waals surface area (Å²) < 4.78 is 43.0. The van der Waals surface area contributed by atoms with Crippen molar-refractivity contribution in [3.05, 3.63) is 64.1 Å². The molecule has 4 rings (SSSR count). The number of nitrogens with zero attached hydrogens (tertiary/aromatic N) is 2. The van der Waals surface area contributed by atoms with Gasteiger partial charge in [0.05, 0.1) is 23.2 Å². The van der Waals surface area contributed by atoms with Gasteiger partial charge >= 0.3 is 11.9 Å². The van der Waals surface area contributed by atoms with Crippen LogP contribution in [0.2, 0.25) is 0 Å². The van der Waals surface area contributed by atoms with Gasteiger partial charge in [0.25, 0.3) is 0 Å². The number of anilines is 1. The van der Waals surface area contributed by atoms with Crippen molar-refractivity contribution < 1.29 is 22.7 Å². The second-order valence-electron chi connectivity index (χ2n) is 6.75. The Hall–Kier alpha value is -3.22. The fraction of sp³-hybridized carbons (Fsp3) is 0.211. The second-order valence-corrected chi connectivity index (χ2v) is 7.72. The molecule has 0 bridgehead atoms. The highest BCUT2D eigenvalue weighted by Crippen LogP contribution is 2.31. The monoisotopic (exact) mass is 451 g/mol. The maximum Gasteiger partial charge on any atom is 0.417 e. The Bertz CT molecular complexity index is 1250. The number of oxazole rings is 1. The Morgan fingerprint density at radius 3 is 2.65 bits per heavy atom. The highest BCUT2D eigenvalue weighted by molar-refractivity contribution is 7.18. The van der Waals surface area contributed by atoms with Crippen LogP contribution >= 0.6 is 11.3 Å². The summed E-state index contributed by atoms with van der Waals surface area (Å²) in [5.74, 6) is -0.549. The number of H-pyrrole nitrogens is 1. The predicted octanol–water partition coefficient (Wildman–Crippen LogP) is 3.13. The lowest BCUT2D eigenvalue weighted by molar-refractivity contribution is -0.137. The van der Waals surface area contributed by atoms with Gasteiger partial charge in [-0.15, -0.1) is 10.2 Å². The van der Waals surface area contributed by atoms with Crippen LogP contribution in [0.25, 0.3) is 21.7 Å². The smallest absolute Gasteiger partial charge is 0.408 e. The van der Waals surface area contributed by atoms with Crippen LogP contribution in [0.1, 0.15) is 17.2 Å². The largest absolute Gasteiger partial charge is 0.417 e. The number of hydrogen-bond donors (Lipinski definition) is 4. The van der Waals surface area contributed by atoms with Crippen molar-refractivity contribution in [3.63, 3.8) is 0 Å². The summed E-state index contributed by atoms with van der Waals surface area (Å²) in [6.07, 6.45) is -5.61. The third-order valence-electron chi connectivity index (χ3n) is 4.57. The molecule has 12 heteroatoms. The van der Waals surface area contributed by atoms with Crippen LogP contribution in [0.15, 0.2) is 51.7 Å². The number of aliphatic hydroxyl groups is 1. The lowest BCUT2D eigenvalue weighted by Gasteiger charge is -2.19. The first-order valence-corrected chi connectivity index (χ1v) is 9.84. The van der Waals surface area contributed by atoms with Gasteiger partial charge in [-0.05, 0) is 35.9 Å². The highest BCUT2D eigenvalue weighted by Gasteiger charge is 2.30. The maximum absolute atomic E-state index is 12.7. The molecule has 0 aliphatic heterocycles. The van der Waals surface area contributed by atoms with E-state index in [4.69, 9.17) is 10.2 Å². The van der Waals surface area contributed by atoms with Crippen molar-refractivity contribution in [3.8, 4) is 10.6 Å². The van der Waals surface area contributed by atoms with Crippen LogP contribution in [-0.2, 0) is 6.18 Å². The summed E-state index contributed by atoms with van der Waals surface area (Å²) in [5, 5.41) is 22.4. The molecule has 0 radical (unpaired) electrons. The number of fused-ring (bicyclic) bond motifs is 1. The Kier molecular flexibility index (Phi) is 5.52. The second kappa shape index (κ2) is 8.13. The summed E-state index contributed by atoms with van der Waals surface area (Å²) in [6, 6.07) is 8.53.